The van der Waals surface area contributed by atoms with Gasteiger partial charge in [0.25, 0.3) is 0 Å². The Bertz CT molecular complexity index is 583. The first kappa shape index (κ1) is 14.1. The van der Waals surface area contributed by atoms with E-state index < -0.39 is 0 Å². The van der Waals surface area contributed by atoms with Gasteiger partial charge in [-0.3, -0.25) is 0 Å². The maximum absolute atomic E-state index is 3.64. The van der Waals surface area contributed by atoms with Crippen LogP contribution < -0.4 is 5.32 Å². The number of benzene rings is 2. The van der Waals surface area contributed by atoms with Gasteiger partial charge in [-0.15, -0.1) is 0 Å². The monoisotopic (exact) mass is 277 g/mol. The van der Waals surface area contributed by atoms with Gasteiger partial charge in [0, 0.05) is 12.1 Å². The van der Waals surface area contributed by atoms with Gasteiger partial charge in [0.2, 0.25) is 0 Å². The van der Waals surface area contributed by atoms with E-state index in [1.54, 1.807) is 0 Å². The summed E-state index contributed by atoms with van der Waals surface area (Å²) in [6, 6.07) is 20.5. The van der Waals surface area contributed by atoms with Crippen LogP contribution in [0.25, 0.3) is 17.2 Å². The van der Waals surface area contributed by atoms with Crippen molar-refractivity contribution in [2.75, 3.05) is 0 Å². The molecule has 1 nitrogen and oxygen atoms in total. The van der Waals surface area contributed by atoms with E-state index in [0.29, 0.717) is 12.1 Å². The lowest BCUT2D eigenvalue weighted by Crippen LogP contribution is -2.39. The van der Waals surface area contributed by atoms with Crippen LogP contribution in [-0.2, 0) is 0 Å². The molecule has 0 amide bonds. The summed E-state index contributed by atoms with van der Waals surface area (Å²) in [5, 5.41) is 3.64. The summed E-state index contributed by atoms with van der Waals surface area (Å²) < 4.78 is 0. The van der Waals surface area contributed by atoms with Crippen LogP contribution in [0.3, 0.4) is 0 Å². The Labute approximate surface area is 127 Å². The van der Waals surface area contributed by atoms with Crippen molar-refractivity contribution in [3.05, 3.63) is 66.2 Å². The lowest BCUT2D eigenvalue weighted by molar-refractivity contribution is 0.375. The number of rotatable bonds is 3. The Balaban J connectivity index is 1.67. The average molecular weight is 277 g/mol. The van der Waals surface area contributed by atoms with Crippen molar-refractivity contribution in [2.45, 2.75) is 38.3 Å². The molecular formula is C20H23N. The highest BCUT2D eigenvalue weighted by Gasteiger charge is 2.14. The summed E-state index contributed by atoms with van der Waals surface area (Å²) in [5.74, 6) is 0. The minimum Gasteiger partial charge on any atom is -0.308 e. The highest BCUT2D eigenvalue weighted by molar-refractivity contribution is 5.65. The van der Waals surface area contributed by atoms with Crippen molar-refractivity contribution < 1.29 is 0 Å². The third-order valence-corrected chi connectivity index (χ3v) is 4.19. The van der Waals surface area contributed by atoms with Gasteiger partial charge < -0.3 is 5.32 Å². The quantitative estimate of drug-likeness (QED) is 0.841. The molecule has 2 unspecified atom stereocenters. The molecule has 0 radical (unpaired) electrons. The lowest BCUT2D eigenvalue weighted by atomic mass is 9.98. The highest BCUT2D eigenvalue weighted by Crippen LogP contribution is 2.20. The van der Waals surface area contributed by atoms with Crippen molar-refractivity contribution in [3.8, 4) is 11.1 Å². The number of hydrogen-bond acceptors (Lipinski definition) is 1. The van der Waals surface area contributed by atoms with Crippen LogP contribution in [0.1, 0.15) is 31.7 Å². The molecule has 21 heavy (non-hydrogen) atoms. The molecule has 0 bridgehead atoms. The zero-order valence-corrected chi connectivity index (χ0v) is 12.6. The molecule has 0 aromatic heterocycles. The van der Waals surface area contributed by atoms with E-state index >= 15 is 0 Å². The molecular weight excluding hydrogens is 254 g/mol. The zero-order valence-electron chi connectivity index (χ0n) is 12.6. The predicted octanol–water partition coefficient (Wildman–Crippen LogP) is 4.90. The Morgan fingerprint density at radius 1 is 0.905 bits per heavy atom. The second kappa shape index (κ2) is 6.73. The number of nitrogens with one attached hydrogen (secondary N) is 1. The molecule has 1 fully saturated rings. The fraction of sp³-hybridized carbons (Fsp3) is 0.300. The van der Waals surface area contributed by atoms with Crippen molar-refractivity contribution in [3.63, 3.8) is 0 Å². The summed E-state index contributed by atoms with van der Waals surface area (Å²) >= 11 is 0. The number of piperidine rings is 1. The van der Waals surface area contributed by atoms with Crippen molar-refractivity contribution >= 4 is 6.08 Å². The van der Waals surface area contributed by atoms with Crippen LogP contribution in [0.15, 0.2) is 60.7 Å². The fourth-order valence-electron chi connectivity index (χ4n) is 2.97. The molecule has 1 heteroatoms. The Morgan fingerprint density at radius 3 is 2.33 bits per heavy atom. The lowest BCUT2D eigenvalue weighted by Gasteiger charge is -2.26. The molecule has 1 aliphatic rings. The molecule has 108 valence electrons. The fourth-order valence-corrected chi connectivity index (χ4v) is 2.97. The van der Waals surface area contributed by atoms with Crippen LogP contribution in [0.2, 0.25) is 0 Å². The first-order valence-corrected chi connectivity index (χ1v) is 7.91. The Morgan fingerprint density at radius 2 is 1.62 bits per heavy atom. The smallest absolute Gasteiger partial charge is 0.0255 e. The van der Waals surface area contributed by atoms with Gasteiger partial charge in [-0.1, -0.05) is 73.2 Å². The van der Waals surface area contributed by atoms with Gasteiger partial charge in [0.1, 0.15) is 0 Å². The standard InChI is InChI=1S/C20H23N/c1-16-6-5-9-20(21-16)15-12-17-10-13-19(14-11-17)18-7-3-2-4-8-18/h2-4,7-8,10-16,20-21H,5-6,9H2,1H3/b15-12+. The van der Waals surface area contributed by atoms with Crippen molar-refractivity contribution in [1.29, 1.82) is 0 Å². The first-order chi connectivity index (χ1) is 10.3. The molecule has 0 aliphatic carbocycles. The summed E-state index contributed by atoms with van der Waals surface area (Å²) in [7, 11) is 0. The highest BCUT2D eigenvalue weighted by atomic mass is 14.9. The number of hydrogen-bond donors (Lipinski definition) is 1. The van der Waals surface area contributed by atoms with E-state index in [0.717, 1.165) is 0 Å². The molecule has 1 heterocycles. The van der Waals surface area contributed by atoms with Crippen LogP contribution in [0.5, 0.6) is 0 Å². The Kier molecular flexibility index (Phi) is 4.52. The van der Waals surface area contributed by atoms with Gasteiger partial charge in [0.05, 0.1) is 0 Å². The van der Waals surface area contributed by atoms with Crippen LogP contribution >= 0.6 is 0 Å². The summed E-state index contributed by atoms with van der Waals surface area (Å²) in [4.78, 5) is 0. The molecule has 0 saturated carbocycles. The van der Waals surface area contributed by atoms with E-state index in [1.807, 2.05) is 0 Å². The maximum Gasteiger partial charge on any atom is 0.0255 e. The summed E-state index contributed by atoms with van der Waals surface area (Å²) in [6.45, 7) is 2.27. The van der Waals surface area contributed by atoms with E-state index in [9.17, 15) is 0 Å². The van der Waals surface area contributed by atoms with E-state index in [2.05, 4.69) is 79.0 Å². The third-order valence-electron chi connectivity index (χ3n) is 4.19. The topological polar surface area (TPSA) is 12.0 Å². The van der Waals surface area contributed by atoms with Gasteiger partial charge in [-0.2, -0.15) is 0 Å². The normalized spacial score (nSPS) is 22.5. The SMILES string of the molecule is CC1CCCC(/C=C/c2ccc(-c3ccccc3)cc2)N1. The molecule has 1 N–H and O–H groups in total. The third kappa shape index (κ3) is 3.83. The predicted molar refractivity (Wildman–Crippen MR) is 91.1 cm³/mol. The largest absolute Gasteiger partial charge is 0.308 e. The van der Waals surface area contributed by atoms with Gasteiger partial charge in [-0.25, -0.2) is 0 Å². The van der Waals surface area contributed by atoms with Crippen molar-refractivity contribution in [1.82, 2.24) is 5.32 Å². The molecule has 0 spiro atoms. The molecule has 2 aromatic rings. The van der Waals surface area contributed by atoms with Gasteiger partial charge in [-0.05, 0) is 36.5 Å². The summed E-state index contributed by atoms with van der Waals surface area (Å²) in [5.41, 5.74) is 3.82. The van der Waals surface area contributed by atoms with Gasteiger partial charge in [0.15, 0.2) is 0 Å². The second-order valence-electron chi connectivity index (χ2n) is 5.95. The minimum absolute atomic E-state index is 0.530. The molecule has 1 saturated heterocycles. The van der Waals surface area contributed by atoms with E-state index in [4.69, 9.17) is 0 Å². The molecule has 3 rings (SSSR count). The molecule has 2 aromatic carbocycles. The Hall–Kier alpha value is -1.86. The summed E-state index contributed by atoms with van der Waals surface area (Å²) in [6.07, 6.45) is 8.44. The van der Waals surface area contributed by atoms with Crippen LogP contribution in [0, 0.1) is 0 Å². The van der Waals surface area contributed by atoms with Gasteiger partial charge >= 0.3 is 0 Å². The molecule has 1 aliphatic heterocycles. The second-order valence-corrected chi connectivity index (χ2v) is 5.95. The maximum atomic E-state index is 3.64. The van der Waals surface area contributed by atoms with Crippen molar-refractivity contribution in [2.24, 2.45) is 0 Å². The minimum atomic E-state index is 0.530. The van der Waals surface area contributed by atoms with Crippen LogP contribution in [-0.4, -0.2) is 12.1 Å². The zero-order chi connectivity index (χ0) is 14.5. The van der Waals surface area contributed by atoms with E-state index in [-0.39, 0.29) is 0 Å². The van der Waals surface area contributed by atoms with E-state index in [1.165, 1.54) is 36.0 Å². The first-order valence-electron chi connectivity index (χ1n) is 7.91. The average Bonchev–Trinajstić information content (AvgIpc) is 2.54. The molecule has 2 atom stereocenters. The van der Waals surface area contributed by atoms with Crippen LogP contribution in [0.4, 0.5) is 0 Å².